The Balaban J connectivity index is 1.93. The third-order valence-corrected chi connectivity index (χ3v) is 5.84. The lowest BCUT2D eigenvalue weighted by atomic mass is 10.1. The summed E-state index contributed by atoms with van der Waals surface area (Å²) in [5.74, 6) is 1.36. The second-order valence-corrected chi connectivity index (χ2v) is 7.31. The zero-order valence-electron chi connectivity index (χ0n) is 14.2. The molecule has 130 valence electrons. The number of ether oxygens (including phenoxy) is 2. The first-order chi connectivity index (χ1) is 12.8. The lowest BCUT2D eigenvalue weighted by Crippen LogP contribution is -1.96. The number of hydrogen-bond acceptors (Lipinski definition) is 6. The number of thiophene rings is 1. The molecule has 0 spiro atoms. The molecule has 0 N–H and O–H groups in total. The van der Waals surface area contributed by atoms with Gasteiger partial charge in [-0.2, -0.15) is 5.26 Å². The number of hydrogen-bond donors (Lipinski definition) is 0. The van der Waals surface area contributed by atoms with Crippen LogP contribution in [0.5, 0.6) is 11.5 Å². The van der Waals surface area contributed by atoms with E-state index in [4.69, 9.17) is 14.5 Å². The molecule has 3 aromatic heterocycles. The van der Waals surface area contributed by atoms with Gasteiger partial charge in [-0.15, -0.1) is 22.7 Å². The van der Waals surface area contributed by atoms with Crippen LogP contribution in [-0.4, -0.2) is 23.6 Å². The van der Waals surface area contributed by atoms with Crippen LogP contribution in [0.4, 0.5) is 0 Å². The van der Waals surface area contributed by atoms with E-state index in [1.807, 2.05) is 35.7 Å². The van der Waals surface area contributed by atoms with Crippen LogP contribution in [0.3, 0.4) is 0 Å². The van der Waals surface area contributed by atoms with Gasteiger partial charge in [0.05, 0.1) is 43.0 Å². The zero-order chi connectivity index (χ0) is 18.1. The van der Waals surface area contributed by atoms with E-state index in [-0.39, 0.29) is 0 Å². The second kappa shape index (κ2) is 6.83. The van der Waals surface area contributed by atoms with Crippen LogP contribution in [0.2, 0.25) is 0 Å². The first kappa shape index (κ1) is 16.6. The zero-order valence-corrected chi connectivity index (χ0v) is 15.9. The number of nitriles is 1. The maximum Gasteiger partial charge on any atom is 0.195 e. The van der Waals surface area contributed by atoms with Crippen molar-refractivity contribution in [2.45, 2.75) is 6.42 Å². The highest BCUT2D eigenvalue weighted by molar-refractivity contribution is 7.15. The highest BCUT2D eigenvalue weighted by Gasteiger charge is 2.20. The molecule has 0 saturated heterocycles. The molecule has 0 bridgehead atoms. The van der Waals surface area contributed by atoms with E-state index in [1.54, 1.807) is 36.9 Å². The molecule has 0 radical (unpaired) electrons. The van der Waals surface area contributed by atoms with Crippen LogP contribution in [0.15, 0.2) is 41.1 Å². The number of imidazole rings is 1. The molecule has 4 rings (SSSR count). The Morgan fingerprint density at radius 1 is 1.15 bits per heavy atom. The smallest absolute Gasteiger partial charge is 0.195 e. The topological polar surface area (TPSA) is 59.5 Å². The molecule has 1 aromatic carbocycles. The SMILES string of the molecule is COc1ccc(-c2csc3nc(-c4cccs4)c(CC#N)n23)cc1OC. The van der Waals surface area contributed by atoms with E-state index in [1.165, 1.54) is 0 Å². The summed E-state index contributed by atoms with van der Waals surface area (Å²) in [6, 6.07) is 12.1. The molecule has 3 heterocycles. The fourth-order valence-electron chi connectivity index (χ4n) is 2.96. The largest absolute Gasteiger partial charge is 0.493 e. The molecule has 5 nitrogen and oxygen atoms in total. The predicted octanol–water partition coefficient (Wildman–Crippen LogP) is 4.87. The molecule has 0 aliphatic rings. The summed E-state index contributed by atoms with van der Waals surface area (Å²) in [6.45, 7) is 0. The predicted molar refractivity (Wildman–Crippen MR) is 104 cm³/mol. The molecule has 4 aromatic rings. The second-order valence-electron chi connectivity index (χ2n) is 5.53. The van der Waals surface area contributed by atoms with E-state index in [0.717, 1.165) is 32.5 Å². The number of fused-ring (bicyclic) bond motifs is 1. The number of rotatable bonds is 5. The molecule has 0 amide bonds. The normalized spacial score (nSPS) is 10.8. The van der Waals surface area contributed by atoms with Crippen LogP contribution in [-0.2, 0) is 6.42 Å². The maximum atomic E-state index is 9.35. The summed E-state index contributed by atoms with van der Waals surface area (Å²) in [7, 11) is 3.24. The van der Waals surface area contributed by atoms with Crippen molar-refractivity contribution in [1.29, 1.82) is 5.26 Å². The van der Waals surface area contributed by atoms with Crippen LogP contribution in [0.25, 0.3) is 26.8 Å². The van der Waals surface area contributed by atoms with Crippen LogP contribution in [0.1, 0.15) is 5.69 Å². The van der Waals surface area contributed by atoms with Crippen molar-refractivity contribution in [3.63, 3.8) is 0 Å². The lowest BCUT2D eigenvalue weighted by molar-refractivity contribution is 0.355. The Labute approximate surface area is 158 Å². The minimum atomic E-state index is 0.297. The summed E-state index contributed by atoms with van der Waals surface area (Å²) in [5.41, 5.74) is 3.78. The molecule has 0 saturated carbocycles. The van der Waals surface area contributed by atoms with Gasteiger partial charge in [0.25, 0.3) is 0 Å². The summed E-state index contributed by atoms with van der Waals surface area (Å²) < 4.78 is 12.8. The fourth-order valence-corrected chi connectivity index (χ4v) is 4.61. The van der Waals surface area contributed by atoms with Crippen LogP contribution < -0.4 is 9.47 Å². The minimum Gasteiger partial charge on any atom is -0.493 e. The first-order valence-corrected chi connectivity index (χ1v) is 9.64. The number of methoxy groups -OCH3 is 2. The van der Waals surface area contributed by atoms with Gasteiger partial charge in [0, 0.05) is 10.9 Å². The average Bonchev–Trinajstić information content (AvgIpc) is 3.38. The summed E-state index contributed by atoms with van der Waals surface area (Å²) >= 11 is 3.20. The number of nitrogens with zero attached hydrogens (tertiary/aromatic N) is 3. The summed E-state index contributed by atoms with van der Waals surface area (Å²) in [5, 5.41) is 13.4. The molecule has 7 heteroatoms. The van der Waals surface area contributed by atoms with Gasteiger partial charge in [-0.05, 0) is 29.6 Å². The number of thiazole rings is 1. The molecule has 26 heavy (non-hydrogen) atoms. The first-order valence-electron chi connectivity index (χ1n) is 7.89. The van der Waals surface area contributed by atoms with Gasteiger partial charge in [0.2, 0.25) is 0 Å². The van der Waals surface area contributed by atoms with E-state index >= 15 is 0 Å². The van der Waals surface area contributed by atoms with Gasteiger partial charge < -0.3 is 9.47 Å². The monoisotopic (exact) mass is 381 g/mol. The van der Waals surface area contributed by atoms with Gasteiger partial charge in [-0.1, -0.05) is 6.07 Å². The lowest BCUT2D eigenvalue weighted by Gasteiger charge is -2.10. The van der Waals surface area contributed by atoms with E-state index in [2.05, 4.69) is 15.8 Å². The van der Waals surface area contributed by atoms with Crippen LogP contribution in [0, 0.1) is 11.3 Å². The summed E-state index contributed by atoms with van der Waals surface area (Å²) in [4.78, 5) is 6.73. The van der Waals surface area contributed by atoms with Gasteiger partial charge >= 0.3 is 0 Å². The third-order valence-electron chi connectivity index (χ3n) is 4.14. The molecule has 0 aliphatic heterocycles. The number of benzene rings is 1. The third kappa shape index (κ3) is 2.64. The van der Waals surface area contributed by atoms with Crippen molar-refractivity contribution in [3.05, 3.63) is 46.8 Å². The van der Waals surface area contributed by atoms with Crippen molar-refractivity contribution in [1.82, 2.24) is 9.38 Å². The molecular formula is C19H15N3O2S2. The Morgan fingerprint density at radius 2 is 2.00 bits per heavy atom. The minimum absolute atomic E-state index is 0.297. The van der Waals surface area contributed by atoms with E-state index in [0.29, 0.717) is 17.9 Å². The highest BCUT2D eigenvalue weighted by Crippen LogP contribution is 2.37. The quantitative estimate of drug-likeness (QED) is 0.495. The molecule has 0 aliphatic carbocycles. The van der Waals surface area contributed by atoms with Gasteiger partial charge in [-0.25, -0.2) is 4.98 Å². The Hall–Kier alpha value is -2.82. The standard InChI is InChI=1S/C19H15N3O2S2/c1-23-15-6-5-12(10-16(15)24-2)14-11-26-19-21-18(17-4-3-9-25-17)13(7-8-20)22(14)19/h3-6,9-11H,7H2,1-2H3. The molecular weight excluding hydrogens is 366 g/mol. The summed E-state index contributed by atoms with van der Waals surface area (Å²) in [6.07, 6.45) is 0.297. The van der Waals surface area contributed by atoms with E-state index < -0.39 is 0 Å². The Kier molecular flexibility index (Phi) is 4.37. The molecule has 0 unspecified atom stereocenters. The van der Waals surface area contributed by atoms with E-state index in [9.17, 15) is 5.26 Å². The highest BCUT2D eigenvalue weighted by atomic mass is 32.1. The molecule has 0 atom stereocenters. The van der Waals surface area contributed by atoms with Gasteiger partial charge in [0.1, 0.15) is 5.69 Å². The van der Waals surface area contributed by atoms with Crippen molar-refractivity contribution in [3.8, 4) is 39.4 Å². The Bertz CT molecular complexity index is 1100. The van der Waals surface area contributed by atoms with Crippen molar-refractivity contribution in [2.75, 3.05) is 14.2 Å². The molecule has 0 fully saturated rings. The van der Waals surface area contributed by atoms with Gasteiger partial charge in [-0.3, -0.25) is 4.40 Å². The van der Waals surface area contributed by atoms with Crippen LogP contribution >= 0.6 is 22.7 Å². The fraction of sp³-hybridized carbons (Fsp3) is 0.158. The average molecular weight is 381 g/mol. The van der Waals surface area contributed by atoms with Gasteiger partial charge in [0.15, 0.2) is 16.5 Å². The number of aromatic nitrogens is 2. The van der Waals surface area contributed by atoms with Crippen molar-refractivity contribution in [2.24, 2.45) is 0 Å². The van der Waals surface area contributed by atoms with Crippen molar-refractivity contribution >= 4 is 27.6 Å². The Morgan fingerprint density at radius 3 is 2.69 bits per heavy atom. The maximum absolute atomic E-state index is 9.35. The van der Waals surface area contributed by atoms with Crippen molar-refractivity contribution < 1.29 is 9.47 Å².